The van der Waals surface area contributed by atoms with Crippen molar-refractivity contribution in [1.29, 1.82) is 0 Å². The Balaban J connectivity index is 2.27. The fourth-order valence-corrected chi connectivity index (χ4v) is 3.96. The van der Waals surface area contributed by atoms with Gasteiger partial charge in [-0.05, 0) is 35.9 Å². The topological polar surface area (TPSA) is 32.9 Å². The number of benzene rings is 2. The number of aromatic amines is 1. The molecular weight excluding hydrogens is 326 g/mol. The SMILES string of the molecule is CCCCSc1c(-c2ccccc2)c2cc(Cl)ccc2[nH]c1=O. The molecule has 0 bridgehead atoms. The Hall–Kier alpha value is -1.71. The van der Waals surface area contributed by atoms with E-state index in [2.05, 4.69) is 11.9 Å². The molecule has 3 rings (SSSR count). The molecule has 0 fully saturated rings. The summed E-state index contributed by atoms with van der Waals surface area (Å²) in [7, 11) is 0. The molecule has 0 atom stereocenters. The molecule has 2 aromatic carbocycles. The van der Waals surface area contributed by atoms with Crippen LogP contribution in [0, 0.1) is 0 Å². The van der Waals surface area contributed by atoms with Gasteiger partial charge in [-0.1, -0.05) is 55.3 Å². The van der Waals surface area contributed by atoms with Crippen LogP contribution in [0.5, 0.6) is 0 Å². The number of aromatic nitrogens is 1. The minimum atomic E-state index is -0.0280. The third kappa shape index (κ3) is 3.46. The number of pyridine rings is 1. The van der Waals surface area contributed by atoms with Crippen LogP contribution in [0.3, 0.4) is 0 Å². The van der Waals surface area contributed by atoms with Crippen LogP contribution in [0.2, 0.25) is 5.02 Å². The van der Waals surface area contributed by atoms with Gasteiger partial charge in [-0.3, -0.25) is 4.79 Å². The molecule has 1 heterocycles. The van der Waals surface area contributed by atoms with E-state index in [1.54, 1.807) is 17.8 Å². The van der Waals surface area contributed by atoms with Crippen molar-refractivity contribution < 1.29 is 0 Å². The molecule has 4 heteroatoms. The fraction of sp³-hybridized carbons (Fsp3) is 0.211. The van der Waals surface area contributed by atoms with Gasteiger partial charge in [-0.2, -0.15) is 0 Å². The highest BCUT2D eigenvalue weighted by atomic mass is 35.5. The lowest BCUT2D eigenvalue weighted by Crippen LogP contribution is -2.11. The molecule has 0 aliphatic rings. The van der Waals surface area contributed by atoms with Gasteiger partial charge in [0.15, 0.2) is 0 Å². The molecule has 1 aromatic heterocycles. The Labute approximate surface area is 144 Å². The first-order valence-electron chi connectivity index (χ1n) is 7.74. The summed E-state index contributed by atoms with van der Waals surface area (Å²) < 4.78 is 0. The van der Waals surface area contributed by atoms with Crippen LogP contribution in [-0.2, 0) is 0 Å². The van der Waals surface area contributed by atoms with Gasteiger partial charge in [0.25, 0.3) is 5.56 Å². The molecule has 0 aliphatic carbocycles. The Morgan fingerprint density at radius 2 is 1.91 bits per heavy atom. The molecule has 3 aromatic rings. The molecular formula is C19H18ClNOS. The Bertz CT molecular complexity index is 874. The predicted molar refractivity (Wildman–Crippen MR) is 101 cm³/mol. The summed E-state index contributed by atoms with van der Waals surface area (Å²) in [5, 5.41) is 1.66. The first kappa shape index (κ1) is 16.2. The molecule has 2 nitrogen and oxygen atoms in total. The zero-order valence-corrected chi connectivity index (χ0v) is 14.5. The number of halogens is 1. The van der Waals surface area contributed by atoms with Gasteiger partial charge in [0.2, 0.25) is 0 Å². The van der Waals surface area contributed by atoms with Crippen molar-refractivity contribution in [2.75, 3.05) is 5.75 Å². The number of fused-ring (bicyclic) bond motifs is 1. The second-order valence-electron chi connectivity index (χ2n) is 5.42. The van der Waals surface area contributed by atoms with E-state index in [4.69, 9.17) is 11.6 Å². The number of thioether (sulfide) groups is 1. The van der Waals surface area contributed by atoms with Crippen LogP contribution in [0.4, 0.5) is 0 Å². The monoisotopic (exact) mass is 343 g/mol. The number of hydrogen-bond donors (Lipinski definition) is 1. The fourth-order valence-electron chi connectivity index (χ4n) is 2.59. The second kappa shape index (κ2) is 7.24. The van der Waals surface area contributed by atoms with Gasteiger partial charge < -0.3 is 4.98 Å². The molecule has 1 N–H and O–H groups in total. The summed E-state index contributed by atoms with van der Waals surface area (Å²) in [5.41, 5.74) is 2.82. The van der Waals surface area contributed by atoms with Crippen molar-refractivity contribution in [3.05, 3.63) is 63.9 Å². The highest BCUT2D eigenvalue weighted by Crippen LogP contribution is 2.35. The molecule has 0 radical (unpaired) electrons. The zero-order valence-electron chi connectivity index (χ0n) is 12.9. The van der Waals surface area contributed by atoms with E-state index < -0.39 is 0 Å². The smallest absolute Gasteiger partial charge is 0.262 e. The van der Waals surface area contributed by atoms with Gasteiger partial charge in [-0.25, -0.2) is 0 Å². The Morgan fingerprint density at radius 1 is 1.13 bits per heavy atom. The number of nitrogens with one attached hydrogen (secondary N) is 1. The molecule has 118 valence electrons. The van der Waals surface area contributed by atoms with Gasteiger partial charge in [0, 0.05) is 21.5 Å². The number of H-pyrrole nitrogens is 1. The van der Waals surface area contributed by atoms with Gasteiger partial charge in [0.05, 0.1) is 4.90 Å². The van der Waals surface area contributed by atoms with Gasteiger partial charge in [0.1, 0.15) is 0 Å². The zero-order chi connectivity index (χ0) is 16.2. The standard InChI is InChI=1S/C19H18ClNOS/c1-2-3-11-23-18-17(13-7-5-4-6-8-13)15-12-14(20)9-10-16(15)21-19(18)22/h4-10,12H,2-3,11H2,1H3,(H,21,22). The van der Waals surface area contributed by atoms with Crippen LogP contribution < -0.4 is 5.56 Å². The normalized spacial score (nSPS) is 11.0. The van der Waals surface area contributed by atoms with Crippen molar-refractivity contribution in [2.45, 2.75) is 24.7 Å². The number of unbranched alkanes of at least 4 members (excludes halogenated alkanes) is 1. The quantitative estimate of drug-likeness (QED) is 0.473. The van der Waals surface area contributed by atoms with Gasteiger partial charge >= 0.3 is 0 Å². The first-order chi connectivity index (χ1) is 11.2. The summed E-state index contributed by atoms with van der Waals surface area (Å²) in [6, 6.07) is 15.7. The summed E-state index contributed by atoms with van der Waals surface area (Å²) in [5.74, 6) is 0.936. The number of hydrogen-bond acceptors (Lipinski definition) is 2. The van der Waals surface area contributed by atoms with Crippen molar-refractivity contribution in [1.82, 2.24) is 4.98 Å². The van der Waals surface area contributed by atoms with E-state index in [9.17, 15) is 4.79 Å². The third-order valence-electron chi connectivity index (χ3n) is 3.74. The Morgan fingerprint density at radius 3 is 2.65 bits per heavy atom. The van der Waals surface area contributed by atoms with Crippen molar-refractivity contribution in [2.24, 2.45) is 0 Å². The van der Waals surface area contributed by atoms with Crippen LogP contribution in [0.1, 0.15) is 19.8 Å². The van der Waals surface area contributed by atoms with Gasteiger partial charge in [-0.15, -0.1) is 11.8 Å². The van der Waals surface area contributed by atoms with E-state index in [0.717, 1.165) is 45.5 Å². The van der Waals surface area contributed by atoms with Crippen molar-refractivity contribution in [3.63, 3.8) is 0 Å². The summed E-state index contributed by atoms with van der Waals surface area (Å²) in [4.78, 5) is 16.4. The molecule has 0 saturated heterocycles. The molecule has 0 aliphatic heterocycles. The molecule has 23 heavy (non-hydrogen) atoms. The van der Waals surface area contributed by atoms with Crippen LogP contribution in [0.15, 0.2) is 58.2 Å². The van der Waals surface area contributed by atoms with E-state index in [0.29, 0.717) is 5.02 Å². The average Bonchev–Trinajstić information content (AvgIpc) is 2.56. The lowest BCUT2D eigenvalue weighted by atomic mass is 10.0. The lowest BCUT2D eigenvalue weighted by molar-refractivity contribution is 0.895. The molecule has 0 amide bonds. The predicted octanol–water partition coefficient (Wildman–Crippen LogP) is 5.74. The summed E-state index contributed by atoms with van der Waals surface area (Å²) >= 11 is 7.83. The Kier molecular flexibility index (Phi) is 5.09. The minimum absolute atomic E-state index is 0.0280. The van der Waals surface area contributed by atoms with E-state index in [1.807, 2.05) is 42.5 Å². The van der Waals surface area contributed by atoms with Crippen molar-refractivity contribution >= 4 is 34.3 Å². The highest BCUT2D eigenvalue weighted by Gasteiger charge is 2.15. The van der Waals surface area contributed by atoms with Crippen molar-refractivity contribution in [3.8, 4) is 11.1 Å². The maximum absolute atomic E-state index is 12.6. The average molecular weight is 344 g/mol. The largest absolute Gasteiger partial charge is 0.321 e. The van der Waals surface area contributed by atoms with E-state index in [1.165, 1.54) is 0 Å². The molecule has 0 saturated carbocycles. The van der Waals surface area contributed by atoms with Crippen LogP contribution in [-0.4, -0.2) is 10.7 Å². The summed E-state index contributed by atoms with van der Waals surface area (Å²) in [6.45, 7) is 2.16. The second-order valence-corrected chi connectivity index (χ2v) is 6.96. The van der Waals surface area contributed by atoms with Crippen LogP contribution >= 0.6 is 23.4 Å². The lowest BCUT2D eigenvalue weighted by Gasteiger charge is -2.13. The number of rotatable bonds is 5. The summed E-state index contributed by atoms with van der Waals surface area (Å²) in [6.07, 6.45) is 2.21. The van der Waals surface area contributed by atoms with E-state index in [-0.39, 0.29) is 5.56 Å². The minimum Gasteiger partial charge on any atom is -0.321 e. The molecule has 0 unspecified atom stereocenters. The van der Waals surface area contributed by atoms with E-state index >= 15 is 0 Å². The highest BCUT2D eigenvalue weighted by molar-refractivity contribution is 7.99. The maximum Gasteiger partial charge on any atom is 0.262 e. The maximum atomic E-state index is 12.6. The third-order valence-corrected chi connectivity index (χ3v) is 5.15. The first-order valence-corrected chi connectivity index (χ1v) is 9.11. The van der Waals surface area contributed by atoms with Crippen LogP contribution in [0.25, 0.3) is 22.0 Å². The molecule has 0 spiro atoms.